The quantitative estimate of drug-likeness (QED) is 0.168. The third-order valence-corrected chi connectivity index (χ3v) is 12.6. The second-order valence-electron chi connectivity index (χ2n) is 16.0. The average molecular weight is 744 g/mol. The lowest BCUT2D eigenvalue weighted by Gasteiger charge is -2.42. The summed E-state index contributed by atoms with van der Waals surface area (Å²) >= 11 is 0. The standard InChI is InChI=1S/C56H41NO/c1-55(2)48-26-12-11-24-46(48)47-36-35-43(37-51(47)55)57(52-29-15-18-38-17-9-10-23-44(38)52)42-33-31-39(32-34-42)45-25-16-28-50-54(45)58-53-30-14-13-27-49(53)56(50,40-19-5-3-6-20-40)41-21-7-4-8-22-41/h3-37H,1-2H3. The normalized spacial score (nSPS) is 14.1. The predicted molar refractivity (Wildman–Crippen MR) is 240 cm³/mol. The third kappa shape index (κ3) is 5.05. The lowest BCUT2D eigenvalue weighted by atomic mass is 9.63. The van der Waals surface area contributed by atoms with Gasteiger partial charge in [0.15, 0.2) is 0 Å². The topological polar surface area (TPSA) is 12.5 Å². The molecule has 0 fully saturated rings. The van der Waals surface area contributed by atoms with Crippen LogP contribution in [-0.4, -0.2) is 0 Å². The Bertz CT molecular complexity index is 2960. The number of anilines is 3. The molecule has 58 heavy (non-hydrogen) atoms. The van der Waals surface area contributed by atoms with Crippen molar-refractivity contribution >= 4 is 27.8 Å². The zero-order chi connectivity index (χ0) is 38.8. The largest absolute Gasteiger partial charge is 0.456 e. The summed E-state index contributed by atoms with van der Waals surface area (Å²) in [6.45, 7) is 4.70. The summed E-state index contributed by atoms with van der Waals surface area (Å²) < 4.78 is 7.00. The Labute approximate surface area is 340 Å². The van der Waals surface area contributed by atoms with E-state index in [1.165, 1.54) is 44.2 Å². The molecule has 0 amide bonds. The van der Waals surface area contributed by atoms with Crippen LogP contribution < -0.4 is 9.64 Å². The molecule has 0 unspecified atom stereocenters. The maximum atomic E-state index is 7.00. The number of hydrogen-bond donors (Lipinski definition) is 0. The van der Waals surface area contributed by atoms with Gasteiger partial charge in [0.1, 0.15) is 11.5 Å². The van der Waals surface area contributed by atoms with Crippen molar-refractivity contribution in [1.29, 1.82) is 0 Å². The predicted octanol–water partition coefficient (Wildman–Crippen LogP) is 14.8. The molecule has 11 rings (SSSR count). The van der Waals surface area contributed by atoms with Crippen molar-refractivity contribution < 1.29 is 4.74 Å². The molecule has 0 aromatic heterocycles. The van der Waals surface area contributed by atoms with Crippen LogP contribution in [0.5, 0.6) is 11.5 Å². The van der Waals surface area contributed by atoms with Gasteiger partial charge >= 0.3 is 0 Å². The fourth-order valence-corrected chi connectivity index (χ4v) is 9.91. The maximum absolute atomic E-state index is 7.00. The van der Waals surface area contributed by atoms with E-state index < -0.39 is 5.41 Å². The summed E-state index contributed by atoms with van der Waals surface area (Å²) in [5, 5.41) is 2.42. The summed E-state index contributed by atoms with van der Waals surface area (Å²) in [5.41, 5.74) is 14.9. The van der Waals surface area contributed by atoms with Gasteiger partial charge in [-0.3, -0.25) is 0 Å². The van der Waals surface area contributed by atoms with Crippen LogP contribution in [0.2, 0.25) is 0 Å². The van der Waals surface area contributed by atoms with Gasteiger partial charge in [0.2, 0.25) is 0 Å². The number of ether oxygens (including phenoxy) is 1. The molecule has 0 N–H and O–H groups in total. The summed E-state index contributed by atoms with van der Waals surface area (Å²) in [7, 11) is 0. The summed E-state index contributed by atoms with van der Waals surface area (Å²) in [5.74, 6) is 1.75. The van der Waals surface area contributed by atoms with Crippen molar-refractivity contribution in [3.63, 3.8) is 0 Å². The van der Waals surface area contributed by atoms with E-state index in [0.717, 1.165) is 50.8 Å². The number of benzene rings is 9. The number of fused-ring (bicyclic) bond motifs is 6. The van der Waals surface area contributed by atoms with Crippen molar-refractivity contribution in [2.45, 2.75) is 24.7 Å². The lowest BCUT2D eigenvalue weighted by Crippen LogP contribution is -2.34. The van der Waals surface area contributed by atoms with Gasteiger partial charge in [-0.05, 0) is 80.7 Å². The van der Waals surface area contributed by atoms with Crippen LogP contribution in [0.3, 0.4) is 0 Å². The molecule has 1 heterocycles. The fraction of sp³-hybridized carbons (Fsp3) is 0.0714. The molecule has 0 atom stereocenters. The van der Waals surface area contributed by atoms with E-state index in [4.69, 9.17) is 4.74 Å². The second-order valence-corrected chi connectivity index (χ2v) is 16.0. The Balaban J connectivity index is 1.08. The highest BCUT2D eigenvalue weighted by molar-refractivity contribution is 5.99. The van der Waals surface area contributed by atoms with Crippen molar-refractivity contribution in [1.82, 2.24) is 0 Å². The Hall–Kier alpha value is -7.16. The van der Waals surface area contributed by atoms with E-state index in [1.807, 2.05) is 0 Å². The summed E-state index contributed by atoms with van der Waals surface area (Å²) in [4.78, 5) is 2.43. The van der Waals surface area contributed by atoms with Gasteiger partial charge in [0.25, 0.3) is 0 Å². The zero-order valence-electron chi connectivity index (χ0n) is 32.6. The molecule has 2 nitrogen and oxygen atoms in total. The monoisotopic (exact) mass is 743 g/mol. The number of nitrogens with zero attached hydrogens (tertiary/aromatic N) is 1. The second kappa shape index (κ2) is 13.2. The molecule has 1 aliphatic heterocycles. The van der Waals surface area contributed by atoms with Gasteiger partial charge in [-0.2, -0.15) is 0 Å². The fourth-order valence-electron chi connectivity index (χ4n) is 9.91. The molecule has 1 aliphatic carbocycles. The molecule has 9 aromatic rings. The van der Waals surface area contributed by atoms with E-state index in [1.54, 1.807) is 0 Å². The molecule has 276 valence electrons. The minimum atomic E-state index is -0.575. The average Bonchev–Trinajstić information content (AvgIpc) is 3.51. The van der Waals surface area contributed by atoms with Crippen LogP contribution in [0.25, 0.3) is 33.0 Å². The van der Waals surface area contributed by atoms with Gasteiger partial charge in [-0.15, -0.1) is 0 Å². The van der Waals surface area contributed by atoms with E-state index >= 15 is 0 Å². The van der Waals surface area contributed by atoms with Crippen LogP contribution >= 0.6 is 0 Å². The minimum Gasteiger partial charge on any atom is -0.456 e. The highest BCUT2D eigenvalue weighted by atomic mass is 16.5. The highest BCUT2D eigenvalue weighted by Gasteiger charge is 2.46. The molecule has 2 heteroatoms. The van der Waals surface area contributed by atoms with Crippen LogP contribution in [-0.2, 0) is 10.8 Å². The van der Waals surface area contributed by atoms with Crippen molar-refractivity contribution in [2.75, 3.05) is 4.90 Å². The van der Waals surface area contributed by atoms with Crippen molar-refractivity contribution in [2.24, 2.45) is 0 Å². The molecular formula is C56H41NO. The Morgan fingerprint density at radius 3 is 1.76 bits per heavy atom. The first kappa shape index (κ1) is 34.1. The van der Waals surface area contributed by atoms with Crippen LogP contribution in [0.4, 0.5) is 17.1 Å². The van der Waals surface area contributed by atoms with Gasteiger partial charge in [0, 0.05) is 38.9 Å². The van der Waals surface area contributed by atoms with Gasteiger partial charge < -0.3 is 9.64 Å². The van der Waals surface area contributed by atoms with Crippen molar-refractivity contribution in [3.05, 3.63) is 246 Å². The lowest BCUT2D eigenvalue weighted by molar-refractivity contribution is 0.436. The van der Waals surface area contributed by atoms with E-state index in [2.05, 4.69) is 231 Å². The third-order valence-electron chi connectivity index (χ3n) is 12.6. The molecule has 0 radical (unpaired) electrons. The summed E-state index contributed by atoms with van der Waals surface area (Å²) in [6.07, 6.45) is 0. The van der Waals surface area contributed by atoms with Gasteiger partial charge in [-0.1, -0.05) is 190 Å². The SMILES string of the molecule is CC1(C)c2ccccc2-c2ccc(N(c3ccc(-c4cccc5c4Oc4ccccc4C5(c4ccccc4)c4ccccc4)cc3)c3cccc4ccccc34)cc21. The molecule has 0 saturated heterocycles. The first-order valence-electron chi connectivity index (χ1n) is 20.2. The minimum absolute atomic E-state index is 0.115. The molecule has 0 bridgehead atoms. The molecular weight excluding hydrogens is 703 g/mol. The molecule has 9 aromatic carbocycles. The van der Waals surface area contributed by atoms with Gasteiger partial charge in [-0.25, -0.2) is 0 Å². The maximum Gasteiger partial charge on any atom is 0.140 e. The highest BCUT2D eigenvalue weighted by Crippen LogP contribution is 2.57. The van der Waals surface area contributed by atoms with E-state index in [0.29, 0.717) is 0 Å². The zero-order valence-corrected chi connectivity index (χ0v) is 32.6. The van der Waals surface area contributed by atoms with Crippen LogP contribution in [0.15, 0.2) is 212 Å². The summed E-state index contributed by atoms with van der Waals surface area (Å²) in [6, 6.07) is 77.1. The first-order chi connectivity index (χ1) is 28.5. The van der Waals surface area contributed by atoms with E-state index in [9.17, 15) is 0 Å². The number of hydrogen-bond acceptors (Lipinski definition) is 2. The van der Waals surface area contributed by atoms with E-state index in [-0.39, 0.29) is 5.41 Å². The smallest absolute Gasteiger partial charge is 0.140 e. The number of rotatable bonds is 6. The molecule has 0 saturated carbocycles. The molecule has 2 aliphatic rings. The van der Waals surface area contributed by atoms with Crippen molar-refractivity contribution in [3.8, 4) is 33.8 Å². The van der Waals surface area contributed by atoms with Crippen LogP contribution in [0, 0.1) is 0 Å². The first-order valence-corrected chi connectivity index (χ1v) is 20.2. The Morgan fingerprint density at radius 2 is 0.983 bits per heavy atom. The Morgan fingerprint density at radius 1 is 0.414 bits per heavy atom. The van der Waals surface area contributed by atoms with Crippen LogP contribution in [0.1, 0.15) is 47.2 Å². The number of para-hydroxylation sites is 2. The molecule has 0 spiro atoms. The Kier molecular flexibility index (Phi) is 7.78. The van der Waals surface area contributed by atoms with Gasteiger partial charge in [0.05, 0.1) is 11.1 Å².